The van der Waals surface area contributed by atoms with Crippen LogP contribution >= 0.6 is 0 Å². The van der Waals surface area contributed by atoms with Gasteiger partial charge in [-0.2, -0.15) is 15.0 Å². The molecule has 0 saturated carbocycles. The van der Waals surface area contributed by atoms with E-state index in [0.717, 1.165) is 18.9 Å². The van der Waals surface area contributed by atoms with E-state index >= 15 is 0 Å². The normalized spacial score (nSPS) is 19.3. The quantitative estimate of drug-likeness (QED) is 0.879. The van der Waals surface area contributed by atoms with Crippen LogP contribution < -0.4 is 15.0 Å². The summed E-state index contributed by atoms with van der Waals surface area (Å²) in [5.74, 6) is 1.28. The first kappa shape index (κ1) is 13.8. The van der Waals surface area contributed by atoms with Crippen molar-refractivity contribution in [1.29, 1.82) is 0 Å². The van der Waals surface area contributed by atoms with Crippen molar-refractivity contribution in [3.05, 3.63) is 0 Å². The summed E-state index contributed by atoms with van der Waals surface area (Å²) in [6.07, 6.45) is 4.60. The van der Waals surface area contributed by atoms with Gasteiger partial charge in [-0.3, -0.25) is 0 Å². The first-order chi connectivity index (χ1) is 9.24. The highest BCUT2D eigenvalue weighted by molar-refractivity contribution is 5.39. The summed E-state index contributed by atoms with van der Waals surface area (Å²) < 4.78 is 5.54. The zero-order valence-corrected chi connectivity index (χ0v) is 12.0. The number of aromatic nitrogens is 3. The Hall–Kier alpha value is -1.59. The fraction of sp³-hybridized carbons (Fsp3) is 0.769. The molecule has 0 aromatic carbocycles. The van der Waals surface area contributed by atoms with Gasteiger partial charge in [0.25, 0.3) is 0 Å². The summed E-state index contributed by atoms with van der Waals surface area (Å²) in [6.45, 7) is 5.91. The maximum absolute atomic E-state index is 5.54. The maximum Gasteiger partial charge on any atom is 0.323 e. The molecule has 0 aliphatic carbocycles. The minimum Gasteiger partial charge on any atom is -0.463 e. The number of nitrogens with zero attached hydrogens (tertiary/aromatic N) is 4. The molecule has 1 aliphatic rings. The molecule has 106 valence electrons. The van der Waals surface area contributed by atoms with Crippen LogP contribution in [0.25, 0.3) is 0 Å². The third kappa shape index (κ3) is 3.45. The SMILES string of the molecule is CCCOc1nc(NC)nc(N2CCCCC2C)n1. The number of anilines is 2. The summed E-state index contributed by atoms with van der Waals surface area (Å²) in [5.41, 5.74) is 0. The highest BCUT2D eigenvalue weighted by Crippen LogP contribution is 2.23. The van der Waals surface area contributed by atoms with E-state index in [1.54, 1.807) is 0 Å². The summed E-state index contributed by atoms with van der Waals surface area (Å²) in [5, 5.41) is 2.97. The smallest absolute Gasteiger partial charge is 0.323 e. The monoisotopic (exact) mass is 265 g/mol. The van der Waals surface area contributed by atoms with Gasteiger partial charge in [0.15, 0.2) is 0 Å². The lowest BCUT2D eigenvalue weighted by atomic mass is 10.0. The molecule has 1 aromatic heterocycles. The Morgan fingerprint density at radius 3 is 2.84 bits per heavy atom. The van der Waals surface area contributed by atoms with Crippen molar-refractivity contribution in [1.82, 2.24) is 15.0 Å². The Balaban J connectivity index is 2.22. The Labute approximate surface area is 114 Å². The number of ether oxygens (including phenoxy) is 1. The van der Waals surface area contributed by atoms with Crippen LogP contribution in [-0.4, -0.2) is 41.2 Å². The second-order valence-corrected chi connectivity index (χ2v) is 4.88. The molecule has 2 heterocycles. The highest BCUT2D eigenvalue weighted by atomic mass is 16.5. The molecule has 0 radical (unpaired) electrons. The van der Waals surface area contributed by atoms with Crippen LogP contribution in [0.2, 0.25) is 0 Å². The van der Waals surface area contributed by atoms with Gasteiger partial charge in [-0.1, -0.05) is 6.92 Å². The molecule has 0 amide bonds. The van der Waals surface area contributed by atoms with E-state index in [9.17, 15) is 0 Å². The molecular weight excluding hydrogens is 242 g/mol. The lowest BCUT2D eigenvalue weighted by molar-refractivity contribution is 0.291. The van der Waals surface area contributed by atoms with Crippen LogP contribution in [-0.2, 0) is 0 Å². The largest absolute Gasteiger partial charge is 0.463 e. The lowest BCUT2D eigenvalue weighted by Gasteiger charge is -2.33. The molecule has 2 rings (SSSR count). The average molecular weight is 265 g/mol. The van der Waals surface area contributed by atoms with E-state index in [0.29, 0.717) is 24.6 Å². The fourth-order valence-corrected chi connectivity index (χ4v) is 2.24. The summed E-state index contributed by atoms with van der Waals surface area (Å²) >= 11 is 0. The number of hydrogen-bond acceptors (Lipinski definition) is 6. The van der Waals surface area contributed by atoms with Crippen LogP contribution in [0.4, 0.5) is 11.9 Å². The van der Waals surface area contributed by atoms with Crippen LogP contribution in [0, 0.1) is 0 Å². The van der Waals surface area contributed by atoms with Crippen molar-refractivity contribution in [2.45, 2.75) is 45.6 Å². The van der Waals surface area contributed by atoms with Gasteiger partial charge in [-0.15, -0.1) is 0 Å². The molecule has 6 nitrogen and oxygen atoms in total. The van der Waals surface area contributed by atoms with E-state index in [4.69, 9.17) is 4.74 Å². The van der Waals surface area contributed by atoms with Gasteiger partial charge in [0, 0.05) is 19.6 Å². The minimum absolute atomic E-state index is 0.411. The zero-order valence-electron chi connectivity index (χ0n) is 12.0. The van der Waals surface area contributed by atoms with Crippen molar-refractivity contribution < 1.29 is 4.74 Å². The van der Waals surface area contributed by atoms with E-state index in [2.05, 4.69) is 39.0 Å². The molecule has 1 fully saturated rings. The molecule has 1 atom stereocenters. The number of hydrogen-bond donors (Lipinski definition) is 1. The third-order valence-electron chi connectivity index (χ3n) is 3.32. The first-order valence-electron chi connectivity index (χ1n) is 7.08. The van der Waals surface area contributed by atoms with Crippen molar-refractivity contribution in [3.8, 4) is 6.01 Å². The first-order valence-corrected chi connectivity index (χ1v) is 7.08. The highest BCUT2D eigenvalue weighted by Gasteiger charge is 2.22. The minimum atomic E-state index is 0.411. The molecule has 0 bridgehead atoms. The number of rotatable bonds is 5. The molecule has 1 saturated heterocycles. The fourth-order valence-electron chi connectivity index (χ4n) is 2.24. The van der Waals surface area contributed by atoms with Gasteiger partial charge in [-0.25, -0.2) is 0 Å². The van der Waals surface area contributed by atoms with Crippen molar-refractivity contribution in [2.24, 2.45) is 0 Å². The van der Waals surface area contributed by atoms with E-state index in [1.165, 1.54) is 19.3 Å². The second-order valence-electron chi connectivity index (χ2n) is 4.88. The zero-order chi connectivity index (χ0) is 13.7. The van der Waals surface area contributed by atoms with Crippen molar-refractivity contribution in [3.63, 3.8) is 0 Å². The van der Waals surface area contributed by atoms with Crippen LogP contribution in [0.1, 0.15) is 39.5 Å². The van der Waals surface area contributed by atoms with Gasteiger partial charge < -0.3 is 15.0 Å². The third-order valence-corrected chi connectivity index (χ3v) is 3.32. The van der Waals surface area contributed by atoms with E-state index in [1.807, 2.05) is 7.05 Å². The molecule has 1 aromatic rings. The van der Waals surface area contributed by atoms with Crippen molar-refractivity contribution >= 4 is 11.9 Å². The Kier molecular flexibility index (Phi) is 4.76. The summed E-state index contributed by atoms with van der Waals surface area (Å²) in [4.78, 5) is 15.3. The summed E-state index contributed by atoms with van der Waals surface area (Å²) in [6, 6.07) is 0.883. The van der Waals surface area contributed by atoms with Crippen LogP contribution in [0.5, 0.6) is 6.01 Å². The molecule has 1 N–H and O–H groups in total. The molecule has 19 heavy (non-hydrogen) atoms. The van der Waals surface area contributed by atoms with Gasteiger partial charge in [0.1, 0.15) is 0 Å². The average Bonchev–Trinajstić information content (AvgIpc) is 2.45. The van der Waals surface area contributed by atoms with Crippen molar-refractivity contribution in [2.75, 3.05) is 30.4 Å². The number of nitrogens with one attached hydrogen (secondary N) is 1. The van der Waals surface area contributed by atoms with Gasteiger partial charge >= 0.3 is 6.01 Å². The Morgan fingerprint density at radius 1 is 1.32 bits per heavy atom. The molecular formula is C13H23N5O. The van der Waals surface area contributed by atoms with E-state index < -0.39 is 0 Å². The summed E-state index contributed by atoms with van der Waals surface area (Å²) in [7, 11) is 1.81. The topological polar surface area (TPSA) is 63.2 Å². The predicted molar refractivity (Wildman–Crippen MR) is 75.8 cm³/mol. The lowest BCUT2D eigenvalue weighted by Crippen LogP contribution is -2.38. The second kappa shape index (κ2) is 6.54. The molecule has 0 spiro atoms. The molecule has 1 unspecified atom stereocenters. The van der Waals surface area contributed by atoms with E-state index in [-0.39, 0.29) is 0 Å². The number of piperidine rings is 1. The van der Waals surface area contributed by atoms with Gasteiger partial charge in [0.05, 0.1) is 6.61 Å². The van der Waals surface area contributed by atoms with Crippen LogP contribution in [0.3, 0.4) is 0 Å². The predicted octanol–water partition coefficient (Wildman–Crippen LogP) is 2.08. The van der Waals surface area contributed by atoms with Gasteiger partial charge in [0.2, 0.25) is 11.9 Å². The molecule has 6 heteroatoms. The van der Waals surface area contributed by atoms with Crippen LogP contribution in [0.15, 0.2) is 0 Å². The Morgan fingerprint density at radius 2 is 2.16 bits per heavy atom. The standard InChI is InChI=1S/C13H23N5O/c1-4-9-19-13-16-11(14-3)15-12(17-13)18-8-6-5-7-10(18)2/h10H,4-9H2,1-3H3,(H,14,15,16,17). The van der Waals surface area contributed by atoms with Gasteiger partial charge in [-0.05, 0) is 32.6 Å². The maximum atomic E-state index is 5.54. The Bertz CT molecular complexity index is 412. The molecule has 1 aliphatic heterocycles.